The van der Waals surface area contributed by atoms with E-state index < -0.39 is 17.6 Å². The molecule has 0 unspecified atom stereocenters. The van der Waals surface area contributed by atoms with Crippen LogP contribution >= 0.6 is 0 Å². The molecule has 29 heavy (non-hydrogen) atoms. The van der Waals surface area contributed by atoms with E-state index in [4.69, 9.17) is 0 Å². The summed E-state index contributed by atoms with van der Waals surface area (Å²) in [5.41, 5.74) is 2.15. The lowest BCUT2D eigenvalue weighted by Gasteiger charge is -2.24. The fraction of sp³-hybridized carbons (Fsp3) is 0.200. The zero-order chi connectivity index (χ0) is 20.4. The minimum atomic E-state index is -4.40. The van der Waals surface area contributed by atoms with Crippen molar-refractivity contribution in [1.29, 1.82) is 0 Å². The molecule has 0 saturated carbocycles. The minimum absolute atomic E-state index is 0.222. The number of hydrogen-bond acceptors (Lipinski definition) is 5. The number of fused-ring (bicyclic) bond motifs is 1. The highest BCUT2D eigenvalue weighted by molar-refractivity contribution is 5.67. The SMILES string of the molecule is Fc1cccnc1N1CCC2=CN=CNC2=C(Nc2ccc(C(F)(F)F)cc2)C1. The van der Waals surface area contributed by atoms with E-state index in [2.05, 4.69) is 20.6 Å². The maximum absolute atomic E-state index is 14.3. The third kappa shape index (κ3) is 4.08. The van der Waals surface area contributed by atoms with E-state index in [1.807, 2.05) is 0 Å². The molecule has 150 valence electrons. The normalized spacial score (nSPS) is 16.7. The van der Waals surface area contributed by atoms with Crippen LogP contribution in [0.3, 0.4) is 0 Å². The average Bonchev–Trinajstić information content (AvgIpc) is 2.88. The van der Waals surface area contributed by atoms with Gasteiger partial charge in [0, 0.05) is 24.6 Å². The fourth-order valence-corrected chi connectivity index (χ4v) is 3.27. The highest BCUT2D eigenvalue weighted by atomic mass is 19.4. The predicted molar refractivity (Wildman–Crippen MR) is 103 cm³/mol. The van der Waals surface area contributed by atoms with Crippen LogP contribution < -0.4 is 15.5 Å². The molecule has 4 rings (SSSR count). The molecular weight excluding hydrogens is 386 g/mol. The van der Waals surface area contributed by atoms with Crippen molar-refractivity contribution in [2.75, 3.05) is 23.3 Å². The van der Waals surface area contributed by atoms with E-state index in [1.54, 1.807) is 11.1 Å². The van der Waals surface area contributed by atoms with Crippen LogP contribution in [0.2, 0.25) is 0 Å². The van der Waals surface area contributed by atoms with Crippen LogP contribution in [0, 0.1) is 5.82 Å². The van der Waals surface area contributed by atoms with E-state index in [-0.39, 0.29) is 5.82 Å². The van der Waals surface area contributed by atoms with Crippen LogP contribution in [0.15, 0.2) is 70.8 Å². The van der Waals surface area contributed by atoms with E-state index in [1.165, 1.54) is 36.8 Å². The van der Waals surface area contributed by atoms with Gasteiger partial charge in [0.25, 0.3) is 0 Å². The van der Waals surface area contributed by atoms with E-state index in [0.29, 0.717) is 30.9 Å². The zero-order valence-electron chi connectivity index (χ0n) is 15.2. The Hall–Kier alpha value is -3.36. The van der Waals surface area contributed by atoms with Crippen LogP contribution in [0.1, 0.15) is 12.0 Å². The van der Waals surface area contributed by atoms with Crippen molar-refractivity contribution in [3.05, 3.63) is 77.1 Å². The number of benzene rings is 1. The molecule has 1 aromatic heterocycles. The molecular formula is C20H17F4N5. The number of nitrogens with one attached hydrogen (secondary N) is 2. The van der Waals surface area contributed by atoms with Crippen LogP contribution in [0.4, 0.5) is 29.1 Å². The maximum atomic E-state index is 14.3. The lowest BCUT2D eigenvalue weighted by Crippen LogP contribution is -2.30. The van der Waals surface area contributed by atoms with E-state index >= 15 is 0 Å². The third-order valence-corrected chi connectivity index (χ3v) is 4.68. The van der Waals surface area contributed by atoms with Crippen LogP contribution in [-0.2, 0) is 6.18 Å². The monoisotopic (exact) mass is 403 g/mol. The first kappa shape index (κ1) is 19.0. The number of aliphatic imine (C=N–C) groups is 1. The van der Waals surface area contributed by atoms with Gasteiger partial charge in [-0.15, -0.1) is 0 Å². The zero-order valence-corrected chi connectivity index (χ0v) is 15.2. The van der Waals surface area contributed by atoms with Gasteiger partial charge in [0.2, 0.25) is 0 Å². The van der Waals surface area contributed by atoms with Gasteiger partial charge in [0.15, 0.2) is 11.6 Å². The molecule has 5 nitrogen and oxygen atoms in total. The molecule has 0 atom stereocenters. The molecule has 3 heterocycles. The summed E-state index contributed by atoms with van der Waals surface area (Å²) >= 11 is 0. The molecule has 9 heteroatoms. The van der Waals surface area contributed by atoms with Gasteiger partial charge in [-0.2, -0.15) is 13.2 Å². The van der Waals surface area contributed by atoms with Gasteiger partial charge in [-0.25, -0.2) is 14.4 Å². The van der Waals surface area contributed by atoms with Gasteiger partial charge >= 0.3 is 6.18 Å². The Kier molecular flexibility index (Phi) is 4.96. The smallest absolute Gasteiger partial charge is 0.356 e. The first-order chi connectivity index (χ1) is 13.9. The number of rotatable bonds is 3. The Labute approximate surface area is 164 Å². The molecule has 0 spiro atoms. The summed E-state index contributed by atoms with van der Waals surface area (Å²) in [5.74, 6) is -0.213. The Morgan fingerprint density at radius 2 is 1.90 bits per heavy atom. The van der Waals surface area contributed by atoms with Crippen molar-refractivity contribution in [3.8, 4) is 0 Å². The van der Waals surface area contributed by atoms with Crippen LogP contribution in [0.25, 0.3) is 0 Å². The number of hydrogen-bond donors (Lipinski definition) is 2. The summed E-state index contributed by atoms with van der Waals surface area (Å²) in [5, 5.41) is 6.26. The number of alkyl halides is 3. The number of halogens is 4. The molecule has 2 aromatic rings. The number of allylic oxidation sites excluding steroid dienone is 1. The predicted octanol–water partition coefficient (Wildman–Crippen LogP) is 4.29. The summed E-state index contributed by atoms with van der Waals surface area (Å²) in [6, 6.07) is 7.64. The number of anilines is 2. The Morgan fingerprint density at radius 3 is 2.62 bits per heavy atom. The first-order valence-corrected chi connectivity index (χ1v) is 8.92. The van der Waals surface area contributed by atoms with Gasteiger partial charge in [0.05, 0.1) is 29.8 Å². The summed E-state index contributed by atoms with van der Waals surface area (Å²) in [6.45, 7) is 0.807. The molecule has 1 aromatic carbocycles. The molecule has 0 saturated heterocycles. The van der Waals surface area contributed by atoms with Gasteiger partial charge in [0.1, 0.15) is 0 Å². The summed E-state index contributed by atoms with van der Waals surface area (Å²) in [6.07, 6.45) is 0.983. The summed E-state index contributed by atoms with van der Waals surface area (Å²) < 4.78 is 52.7. The molecule has 0 bridgehead atoms. The largest absolute Gasteiger partial charge is 0.416 e. The molecule has 0 radical (unpaired) electrons. The Bertz CT molecular complexity index is 993. The second-order valence-corrected chi connectivity index (χ2v) is 6.61. The Balaban J connectivity index is 1.66. The van der Waals surface area contributed by atoms with Crippen molar-refractivity contribution in [1.82, 2.24) is 10.3 Å². The van der Waals surface area contributed by atoms with Gasteiger partial charge in [-0.1, -0.05) is 0 Å². The topological polar surface area (TPSA) is 52.6 Å². The lowest BCUT2D eigenvalue weighted by atomic mass is 10.1. The highest BCUT2D eigenvalue weighted by Gasteiger charge is 2.30. The molecule has 2 aliphatic heterocycles. The van der Waals surface area contributed by atoms with Crippen LogP contribution in [0.5, 0.6) is 0 Å². The van der Waals surface area contributed by atoms with Gasteiger partial charge < -0.3 is 15.5 Å². The van der Waals surface area contributed by atoms with Crippen molar-refractivity contribution >= 4 is 17.8 Å². The number of nitrogens with zero attached hydrogens (tertiary/aromatic N) is 3. The lowest BCUT2D eigenvalue weighted by molar-refractivity contribution is -0.137. The number of aromatic nitrogens is 1. The third-order valence-electron chi connectivity index (χ3n) is 4.68. The molecule has 0 amide bonds. The first-order valence-electron chi connectivity index (χ1n) is 8.92. The highest BCUT2D eigenvalue weighted by Crippen LogP contribution is 2.31. The van der Waals surface area contributed by atoms with Crippen molar-refractivity contribution in [3.63, 3.8) is 0 Å². The maximum Gasteiger partial charge on any atom is 0.416 e. The summed E-state index contributed by atoms with van der Waals surface area (Å²) in [4.78, 5) is 10.0. The Morgan fingerprint density at radius 1 is 1.10 bits per heavy atom. The van der Waals surface area contributed by atoms with E-state index in [0.717, 1.165) is 23.4 Å². The standard InChI is InChI=1S/C20H17F4N5/c21-16-2-1-8-26-19(16)29-9-7-13-10-25-12-27-18(13)17(11-29)28-15-5-3-14(4-6-15)20(22,23)24/h1-6,8,10,12,28H,7,9,11H2,(H,25,27). The molecule has 0 aliphatic carbocycles. The average molecular weight is 403 g/mol. The van der Waals surface area contributed by atoms with Crippen LogP contribution in [-0.4, -0.2) is 24.4 Å². The fourth-order valence-electron chi connectivity index (χ4n) is 3.27. The van der Waals surface area contributed by atoms with Crippen molar-refractivity contribution < 1.29 is 17.6 Å². The van der Waals surface area contributed by atoms with Gasteiger partial charge in [-0.3, -0.25) is 0 Å². The van der Waals surface area contributed by atoms with E-state index in [9.17, 15) is 17.6 Å². The van der Waals surface area contributed by atoms with Crippen molar-refractivity contribution in [2.24, 2.45) is 4.99 Å². The van der Waals surface area contributed by atoms with Gasteiger partial charge in [-0.05, 0) is 48.4 Å². The second-order valence-electron chi connectivity index (χ2n) is 6.61. The minimum Gasteiger partial charge on any atom is -0.356 e. The summed E-state index contributed by atoms with van der Waals surface area (Å²) in [7, 11) is 0. The molecule has 2 aliphatic rings. The molecule has 2 N–H and O–H groups in total. The van der Waals surface area contributed by atoms with Crippen molar-refractivity contribution in [2.45, 2.75) is 12.6 Å². The number of pyridine rings is 1. The quantitative estimate of drug-likeness (QED) is 0.751. The second kappa shape index (κ2) is 7.57. The molecule has 0 fully saturated rings.